The average molecular weight is 362 g/mol. The van der Waals surface area contributed by atoms with E-state index in [4.69, 9.17) is 4.74 Å². The molecule has 1 saturated heterocycles. The van der Waals surface area contributed by atoms with Crippen LogP contribution in [0.4, 0.5) is 0 Å². The molecule has 0 spiro atoms. The van der Waals surface area contributed by atoms with Crippen LogP contribution in [0.15, 0.2) is 60.9 Å². The first-order valence-corrected chi connectivity index (χ1v) is 9.19. The molecule has 2 aromatic heterocycles. The number of aromatic nitrogens is 3. The van der Waals surface area contributed by atoms with Gasteiger partial charge in [0.05, 0.1) is 5.69 Å². The molecule has 0 aliphatic carbocycles. The number of likely N-dealkylation sites (tertiary alicyclic amines) is 1. The fraction of sp³-hybridized carbons (Fsp3) is 0.286. The van der Waals surface area contributed by atoms with Crippen LogP contribution < -0.4 is 4.74 Å². The van der Waals surface area contributed by atoms with E-state index < -0.39 is 0 Å². The van der Waals surface area contributed by atoms with Crippen LogP contribution in [0.3, 0.4) is 0 Å². The van der Waals surface area contributed by atoms with Gasteiger partial charge in [-0.15, -0.1) is 5.10 Å². The average Bonchev–Trinajstić information content (AvgIpc) is 3.25. The standard InChI is InChI=1S/C21H22N4O2/c1-16-4-9-20(23-22-16)27-19-10-14-25(15-11-19)21(26)17-5-7-18(8-6-17)24-12-2-3-13-24/h2-9,12-13,19H,10-11,14-15H2,1H3. The monoisotopic (exact) mass is 362 g/mol. The molecule has 1 fully saturated rings. The van der Waals surface area contributed by atoms with Gasteiger partial charge in [0.2, 0.25) is 5.88 Å². The molecule has 138 valence electrons. The van der Waals surface area contributed by atoms with E-state index in [0.717, 1.165) is 29.8 Å². The molecule has 0 radical (unpaired) electrons. The van der Waals surface area contributed by atoms with Gasteiger partial charge in [0, 0.05) is 55.6 Å². The topological polar surface area (TPSA) is 60.2 Å². The first-order valence-electron chi connectivity index (χ1n) is 9.19. The number of ether oxygens (including phenoxy) is 1. The van der Waals surface area contributed by atoms with Crippen molar-refractivity contribution < 1.29 is 9.53 Å². The SMILES string of the molecule is Cc1ccc(OC2CCN(C(=O)c3ccc(-n4cccc4)cc3)CC2)nn1. The molecule has 0 unspecified atom stereocenters. The molecule has 0 N–H and O–H groups in total. The van der Waals surface area contributed by atoms with Crippen LogP contribution in [0.2, 0.25) is 0 Å². The molecular formula is C21H22N4O2. The van der Waals surface area contributed by atoms with Gasteiger partial charge in [-0.3, -0.25) is 4.79 Å². The van der Waals surface area contributed by atoms with E-state index in [9.17, 15) is 4.79 Å². The maximum Gasteiger partial charge on any atom is 0.253 e. The number of rotatable bonds is 4. The van der Waals surface area contributed by atoms with Crippen LogP contribution in [-0.2, 0) is 0 Å². The summed E-state index contributed by atoms with van der Waals surface area (Å²) in [5, 5.41) is 8.06. The van der Waals surface area contributed by atoms with E-state index in [2.05, 4.69) is 10.2 Å². The molecule has 0 atom stereocenters. The zero-order valence-corrected chi connectivity index (χ0v) is 15.3. The largest absolute Gasteiger partial charge is 0.473 e. The fourth-order valence-electron chi connectivity index (χ4n) is 3.26. The lowest BCUT2D eigenvalue weighted by Gasteiger charge is -2.32. The highest BCUT2D eigenvalue weighted by Gasteiger charge is 2.25. The number of piperidine rings is 1. The molecule has 0 saturated carbocycles. The minimum absolute atomic E-state index is 0.0715. The van der Waals surface area contributed by atoms with Crippen LogP contribution in [0.25, 0.3) is 5.69 Å². The number of hydrogen-bond donors (Lipinski definition) is 0. The number of carbonyl (C=O) groups excluding carboxylic acids is 1. The lowest BCUT2D eigenvalue weighted by Crippen LogP contribution is -2.41. The van der Waals surface area contributed by atoms with Crippen LogP contribution in [0, 0.1) is 6.92 Å². The molecule has 27 heavy (non-hydrogen) atoms. The van der Waals surface area contributed by atoms with Gasteiger partial charge in [-0.25, -0.2) is 0 Å². The molecule has 3 aromatic rings. The van der Waals surface area contributed by atoms with Gasteiger partial charge in [-0.1, -0.05) is 0 Å². The molecule has 1 aliphatic rings. The van der Waals surface area contributed by atoms with Gasteiger partial charge < -0.3 is 14.2 Å². The second-order valence-corrected chi connectivity index (χ2v) is 6.76. The van der Waals surface area contributed by atoms with Crippen molar-refractivity contribution in [2.24, 2.45) is 0 Å². The van der Waals surface area contributed by atoms with Crippen molar-refractivity contribution in [1.29, 1.82) is 0 Å². The Balaban J connectivity index is 1.33. The third-order valence-corrected chi connectivity index (χ3v) is 4.81. The highest BCUT2D eigenvalue weighted by Crippen LogP contribution is 2.19. The Morgan fingerprint density at radius 2 is 1.70 bits per heavy atom. The number of aryl methyl sites for hydroxylation is 1. The summed E-state index contributed by atoms with van der Waals surface area (Å²) in [5.74, 6) is 0.619. The van der Waals surface area contributed by atoms with Crippen molar-refractivity contribution in [1.82, 2.24) is 19.7 Å². The fourth-order valence-corrected chi connectivity index (χ4v) is 3.26. The lowest BCUT2D eigenvalue weighted by molar-refractivity contribution is 0.0586. The van der Waals surface area contributed by atoms with Crippen molar-refractivity contribution in [3.05, 3.63) is 72.2 Å². The molecule has 1 amide bonds. The van der Waals surface area contributed by atoms with E-state index in [1.165, 1.54) is 0 Å². The number of amides is 1. The quantitative estimate of drug-likeness (QED) is 0.715. The first kappa shape index (κ1) is 17.3. The second-order valence-electron chi connectivity index (χ2n) is 6.76. The van der Waals surface area contributed by atoms with Crippen molar-refractivity contribution >= 4 is 5.91 Å². The number of benzene rings is 1. The van der Waals surface area contributed by atoms with Crippen molar-refractivity contribution in [3.8, 4) is 11.6 Å². The summed E-state index contributed by atoms with van der Waals surface area (Å²) >= 11 is 0. The molecule has 1 aliphatic heterocycles. The van der Waals surface area contributed by atoms with Crippen LogP contribution in [0.1, 0.15) is 28.9 Å². The predicted molar refractivity (Wildman–Crippen MR) is 102 cm³/mol. The number of hydrogen-bond acceptors (Lipinski definition) is 4. The summed E-state index contributed by atoms with van der Waals surface area (Å²) in [5.41, 5.74) is 2.63. The van der Waals surface area contributed by atoms with E-state index in [0.29, 0.717) is 19.0 Å². The molecule has 0 bridgehead atoms. The predicted octanol–water partition coefficient (Wildman–Crippen LogP) is 3.26. The van der Waals surface area contributed by atoms with Gasteiger partial charge in [0.25, 0.3) is 5.91 Å². The molecule has 6 nitrogen and oxygen atoms in total. The van der Waals surface area contributed by atoms with Gasteiger partial charge in [0.1, 0.15) is 6.10 Å². The molecule has 4 rings (SSSR count). The van der Waals surface area contributed by atoms with Crippen molar-refractivity contribution in [2.75, 3.05) is 13.1 Å². The Hall–Kier alpha value is -3.15. The van der Waals surface area contributed by atoms with Crippen LogP contribution in [0.5, 0.6) is 5.88 Å². The minimum Gasteiger partial charge on any atom is -0.473 e. The van der Waals surface area contributed by atoms with Gasteiger partial charge in [-0.05, 0) is 49.4 Å². The summed E-state index contributed by atoms with van der Waals surface area (Å²) in [6, 6.07) is 15.4. The molecule has 3 heterocycles. The Labute approximate surface area is 158 Å². The molecule has 1 aromatic carbocycles. The summed E-state index contributed by atoms with van der Waals surface area (Å²) in [6.45, 7) is 3.26. The maximum atomic E-state index is 12.8. The highest BCUT2D eigenvalue weighted by molar-refractivity contribution is 5.94. The Morgan fingerprint density at radius 1 is 1.00 bits per heavy atom. The Kier molecular flexibility index (Phi) is 4.87. The van der Waals surface area contributed by atoms with E-state index in [-0.39, 0.29) is 12.0 Å². The second kappa shape index (κ2) is 7.61. The van der Waals surface area contributed by atoms with Gasteiger partial charge in [-0.2, -0.15) is 5.10 Å². The summed E-state index contributed by atoms with van der Waals surface area (Å²) in [4.78, 5) is 14.7. The number of carbonyl (C=O) groups is 1. The maximum absolute atomic E-state index is 12.8. The smallest absolute Gasteiger partial charge is 0.253 e. The van der Waals surface area contributed by atoms with Gasteiger partial charge in [0.15, 0.2) is 0 Å². The summed E-state index contributed by atoms with van der Waals surface area (Å²) in [7, 11) is 0. The minimum atomic E-state index is 0.0715. The van der Waals surface area contributed by atoms with Gasteiger partial charge >= 0.3 is 0 Å². The van der Waals surface area contributed by atoms with E-state index >= 15 is 0 Å². The molecule has 6 heteroatoms. The zero-order valence-electron chi connectivity index (χ0n) is 15.3. The third kappa shape index (κ3) is 4.00. The Bertz CT molecular complexity index is 881. The zero-order chi connectivity index (χ0) is 18.6. The first-order chi connectivity index (χ1) is 13.2. The highest BCUT2D eigenvalue weighted by atomic mass is 16.5. The van der Waals surface area contributed by atoms with Crippen LogP contribution in [-0.4, -0.2) is 44.8 Å². The summed E-state index contributed by atoms with van der Waals surface area (Å²) in [6.07, 6.45) is 5.63. The number of nitrogens with zero attached hydrogens (tertiary/aromatic N) is 4. The Morgan fingerprint density at radius 3 is 2.33 bits per heavy atom. The normalized spacial score (nSPS) is 14.9. The van der Waals surface area contributed by atoms with E-state index in [1.807, 2.05) is 77.3 Å². The van der Waals surface area contributed by atoms with Crippen LogP contribution >= 0.6 is 0 Å². The third-order valence-electron chi connectivity index (χ3n) is 4.81. The summed E-state index contributed by atoms with van der Waals surface area (Å²) < 4.78 is 7.91. The molecular weight excluding hydrogens is 340 g/mol. The van der Waals surface area contributed by atoms with E-state index in [1.54, 1.807) is 0 Å². The van der Waals surface area contributed by atoms with Crippen molar-refractivity contribution in [2.45, 2.75) is 25.9 Å². The lowest BCUT2D eigenvalue weighted by atomic mass is 10.1. The van der Waals surface area contributed by atoms with Crippen molar-refractivity contribution in [3.63, 3.8) is 0 Å².